The van der Waals surface area contributed by atoms with Crippen LogP contribution in [-0.4, -0.2) is 49.5 Å². The van der Waals surface area contributed by atoms with E-state index in [0.717, 1.165) is 0 Å². The van der Waals surface area contributed by atoms with Crippen LogP contribution in [0.25, 0.3) is 10.9 Å². The van der Waals surface area contributed by atoms with Gasteiger partial charge >= 0.3 is 5.97 Å². The number of rotatable bonds is 5. The largest absolute Gasteiger partial charge is 0.480 e. The summed E-state index contributed by atoms with van der Waals surface area (Å²) in [4.78, 5) is 37.0. The fourth-order valence-electron chi connectivity index (χ4n) is 3.02. The van der Waals surface area contributed by atoms with Crippen LogP contribution < -0.4 is 5.56 Å². The maximum absolute atomic E-state index is 12.3. The van der Waals surface area contributed by atoms with Gasteiger partial charge < -0.3 is 10.0 Å². The second-order valence-electron chi connectivity index (χ2n) is 5.82. The van der Waals surface area contributed by atoms with E-state index in [1.54, 1.807) is 24.3 Å². The van der Waals surface area contributed by atoms with Crippen LogP contribution in [0.5, 0.6) is 0 Å². The molecule has 1 aliphatic rings. The standard InChI is InChI=1S/C16H18N4O4/c21-14(19-9-3-7-13(19)16(23)24)8-4-10-20-15(22)11-5-1-2-6-12(11)17-18-20/h1-2,5-6,13H,3-4,7-10H2,(H,23,24). The molecule has 0 radical (unpaired) electrons. The number of carbonyl (C=O) groups excluding carboxylic acids is 1. The van der Waals surface area contributed by atoms with Crippen LogP contribution in [0, 0.1) is 0 Å². The monoisotopic (exact) mass is 330 g/mol. The first-order valence-electron chi connectivity index (χ1n) is 7.93. The molecule has 1 N–H and O–H groups in total. The Morgan fingerprint density at radius 2 is 2.08 bits per heavy atom. The molecule has 1 aliphatic heterocycles. The maximum Gasteiger partial charge on any atom is 0.326 e. The van der Waals surface area contributed by atoms with Crippen molar-refractivity contribution in [3.8, 4) is 0 Å². The minimum absolute atomic E-state index is 0.185. The Morgan fingerprint density at radius 1 is 1.29 bits per heavy atom. The van der Waals surface area contributed by atoms with Crippen LogP contribution in [0.3, 0.4) is 0 Å². The molecule has 1 fully saturated rings. The predicted octanol–water partition coefficient (Wildman–Crippen LogP) is 0.647. The zero-order valence-electron chi connectivity index (χ0n) is 13.1. The van der Waals surface area contributed by atoms with Gasteiger partial charge in [-0.15, -0.1) is 5.10 Å². The number of fused-ring (bicyclic) bond motifs is 1. The molecule has 1 aromatic heterocycles. The Labute approximate surface area is 137 Å². The molecule has 2 aromatic rings. The van der Waals surface area contributed by atoms with Gasteiger partial charge in [0.1, 0.15) is 11.6 Å². The van der Waals surface area contributed by atoms with E-state index in [-0.39, 0.29) is 24.4 Å². The van der Waals surface area contributed by atoms with Gasteiger partial charge in [0.05, 0.1) is 5.39 Å². The molecule has 1 unspecified atom stereocenters. The van der Waals surface area contributed by atoms with Crippen molar-refractivity contribution in [2.45, 2.75) is 38.3 Å². The molecule has 8 nitrogen and oxygen atoms in total. The van der Waals surface area contributed by atoms with Crippen molar-refractivity contribution in [2.75, 3.05) is 6.54 Å². The van der Waals surface area contributed by atoms with Crippen molar-refractivity contribution in [3.05, 3.63) is 34.6 Å². The van der Waals surface area contributed by atoms with E-state index in [0.29, 0.717) is 36.7 Å². The van der Waals surface area contributed by atoms with E-state index in [9.17, 15) is 14.4 Å². The van der Waals surface area contributed by atoms with Gasteiger partial charge in [-0.2, -0.15) is 0 Å². The first kappa shape index (κ1) is 16.1. The summed E-state index contributed by atoms with van der Waals surface area (Å²) in [6.07, 6.45) is 1.80. The maximum atomic E-state index is 12.3. The lowest BCUT2D eigenvalue weighted by Gasteiger charge is -2.21. The number of nitrogens with zero attached hydrogens (tertiary/aromatic N) is 4. The number of aromatic nitrogens is 3. The molecule has 1 atom stereocenters. The summed E-state index contributed by atoms with van der Waals surface area (Å²) in [5.74, 6) is -1.15. The topological polar surface area (TPSA) is 105 Å². The molecule has 1 aromatic carbocycles. The molecule has 24 heavy (non-hydrogen) atoms. The quantitative estimate of drug-likeness (QED) is 0.863. The van der Waals surface area contributed by atoms with Crippen LogP contribution in [0.1, 0.15) is 25.7 Å². The molecule has 126 valence electrons. The molecular weight excluding hydrogens is 312 g/mol. The van der Waals surface area contributed by atoms with Crippen molar-refractivity contribution in [3.63, 3.8) is 0 Å². The van der Waals surface area contributed by atoms with Crippen LogP contribution in [0.4, 0.5) is 0 Å². The average molecular weight is 330 g/mol. The lowest BCUT2D eigenvalue weighted by molar-refractivity contribution is -0.148. The summed E-state index contributed by atoms with van der Waals surface area (Å²) >= 11 is 0. The van der Waals surface area contributed by atoms with E-state index in [4.69, 9.17) is 5.11 Å². The number of aryl methyl sites for hydroxylation is 1. The third-order valence-corrected chi connectivity index (χ3v) is 4.25. The highest BCUT2D eigenvalue weighted by molar-refractivity contribution is 5.84. The highest BCUT2D eigenvalue weighted by Gasteiger charge is 2.33. The second kappa shape index (κ2) is 6.77. The zero-order chi connectivity index (χ0) is 17.1. The number of likely N-dealkylation sites (tertiary alicyclic amines) is 1. The summed E-state index contributed by atoms with van der Waals surface area (Å²) in [6.45, 7) is 0.750. The molecule has 1 saturated heterocycles. The van der Waals surface area contributed by atoms with Crippen LogP contribution in [0.2, 0.25) is 0 Å². The van der Waals surface area contributed by atoms with E-state index in [2.05, 4.69) is 10.3 Å². The second-order valence-corrected chi connectivity index (χ2v) is 5.82. The van der Waals surface area contributed by atoms with Crippen molar-refractivity contribution in [1.82, 2.24) is 19.9 Å². The Hall–Kier alpha value is -2.77. The van der Waals surface area contributed by atoms with Crippen LogP contribution >= 0.6 is 0 Å². The van der Waals surface area contributed by atoms with E-state index in [1.807, 2.05) is 0 Å². The number of amides is 1. The first-order valence-corrected chi connectivity index (χ1v) is 7.93. The van der Waals surface area contributed by atoms with E-state index in [1.165, 1.54) is 9.58 Å². The van der Waals surface area contributed by atoms with Gasteiger partial charge in [-0.1, -0.05) is 17.3 Å². The lowest BCUT2D eigenvalue weighted by Crippen LogP contribution is -2.40. The van der Waals surface area contributed by atoms with Crippen molar-refractivity contribution >= 4 is 22.8 Å². The smallest absolute Gasteiger partial charge is 0.326 e. The number of carbonyl (C=O) groups is 2. The Balaban J connectivity index is 1.62. The first-order chi connectivity index (χ1) is 11.6. The summed E-state index contributed by atoms with van der Waals surface area (Å²) in [5, 5.41) is 17.5. The molecule has 2 heterocycles. The molecule has 0 saturated carbocycles. The van der Waals surface area contributed by atoms with Gasteiger partial charge in [0.15, 0.2) is 0 Å². The number of hydrogen-bond donors (Lipinski definition) is 1. The van der Waals surface area contributed by atoms with Crippen molar-refractivity contribution < 1.29 is 14.7 Å². The summed E-state index contributed by atoms with van der Waals surface area (Å²) in [5.41, 5.74) is 0.300. The van der Waals surface area contributed by atoms with Gasteiger partial charge in [-0.25, -0.2) is 9.48 Å². The fraction of sp³-hybridized carbons (Fsp3) is 0.438. The summed E-state index contributed by atoms with van der Waals surface area (Å²) in [6, 6.07) is 6.24. The van der Waals surface area contributed by atoms with Gasteiger partial charge in [0.25, 0.3) is 5.56 Å². The molecule has 8 heteroatoms. The lowest BCUT2D eigenvalue weighted by atomic mass is 10.2. The van der Waals surface area contributed by atoms with Crippen LogP contribution in [0.15, 0.2) is 29.1 Å². The molecule has 0 spiro atoms. The van der Waals surface area contributed by atoms with Gasteiger partial charge in [-0.3, -0.25) is 9.59 Å². The van der Waals surface area contributed by atoms with Crippen LogP contribution in [-0.2, 0) is 16.1 Å². The minimum Gasteiger partial charge on any atom is -0.480 e. The fourth-order valence-corrected chi connectivity index (χ4v) is 3.02. The van der Waals surface area contributed by atoms with Crippen molar-refractivity contribution in [2.24, 2.45) is 0 Å². The minimum atomic E-state index is -0.961. The predicted molar refractivity (Wildman–Crippen MR) is 85.4 cm³/mol. The number of hydrogen-bond acceptors (Lipinski definition) is 5. The summed E-state index contributed by atoms with van der Waals surface area (Å²) in [7, 11) is 0. The van der Waals surface area contributed by atoms with E-state index < -0.39 is 12.0 Å². The summed E-state index contributed by atoms with van der Waals surface area (Å²) < 4.78 is 1.24. The molecular formula is C16H18N4O4. The normalized spacial score (nSPS) is 17.3. The molecule has 0 aliphatic carbocycles. The number of carboxylic acids is 1. The Kier molecular flexibility index (Phi) is 4.54. The Bertz CT molecular complexity index is 832. The Morgan fingerprint density at radius 3 is 2.88 bits per heavy atom. The highest BCUT2D eigenvalue weighted by atomic mass is 16.4. The number of benzene rings is 1. The number of carboxylic acid groups (broad SMARTS) is 1. The van der Waals surface area contributed by atoms with Gasteiger partial charge in [0, 0.05) is 19.5 Å². The number of aliphatic carboxylic acids is 1. The van der Waals surface area contributed by atoms with E-state index >= 15 is 0 Å². The third-order valence-electron chi connectivity index (χ3n) is 4.25. The van der Waals surface area contributed by atoms with Crippen molar-refractivity contribution in [1.29, 1.82) is 0 Å². The molecule has 1 amide bonds. The molecule has 3 rings (SSSR count). The average Bonchev–Trinajstić information content (AvgIpc) is 3.07. The SMILES string of the molecule is O=C(O)C1CCCN1C(=O)CCCn1nnc2ccccc2c1=O. The molecule has 0 bridgehead atoms. The zero-order valence-corrected chi connectivity index (χ0v) is 13.1. The van der Waals surface area contributed by atoms with Gasteiger partial charge in [0.2, 0.25) is 5.91 Å². The highest BCUT2D eigenvalue weighted by Crippen LogP contribution is 2.18. The van der Waals surface area contributed by atoms with Gasteiger partial charge in [-0.05, 0) is 31.4 Å². The third kappa shape index (κ3) is 3.12.